The molecule has 0 atom stereocenters. The van der Waals surface area contributed by atoms with Crippen LogP contribution in [0.15, 0.2) is 12.1 Å². The molecule has 92 valence electrons. The minimum absolute atomic E-state index is 0.456. The molecule has 0 aromatic heterocycles. The lowest BCUT2D eigenvalue weighted by Crippen LogP contribution is -2.32. The molecule has 5 heteroatoms. The molecule has 1 amide bonds. The maximum atomic E-state index is 11.3. The summed E-state index contributed by atoms with van der Waals surface area (Å²) >= 11 is 0. The first-order valence-electron chi connectivity index (χ1n) is 5.16. The van der Waals surface area contributed by atoms with Crippen LogP contribution in [0, 0.1) is 20.8 Å². The Labute approximate surface area is 99.4 Å². The zero-order valence-electron chi connectivity index (χ0n) is 10.0. The van der Waals surface area contributed by atoms with Gasteiger partial charge < -0.3 is 15.2 Å². The molecular formula is C12H15NO4. The van der Waals surface area contributed by atoms with Gasteiger partial charge in [-0.25, -0.2) is 4.79 Å². The number of hydrogen-bond acceptors (Lipinski definition) is 3. The molecular weight excluding hydrogens is 222 g/mol. The van der Waals surface area contributed by atoms with E-state index in [9.17, 15) is 9.59 Å². The van der Waals surface area contributed by atoms with E-state index in [4.69, 9.17) is 9.84 Å². The first kappa shape index (κ1) is 13.0. The maximum absolute atomic E-state index is 11.3. The van der Waals surface area contributed by atoms with Gasteiger partial charge in [-0.1, -0.05) is 12.1 Å². The average molecular weight is 237 g/mol. The Bertz CT molecular complexity index is 454. The van der Waals surface area contributed by atoms with Crippen molar-refractivity contribution in [3.63, 3.8) is 0 Å². The molecule has 2 N–H and O–H groups in total. The van der Waals surface area contributed by atoms with Crippen molar-refractivity contribution in [1.82, 2.24) is 5.32 Å². The molecule has 0 bridgehead atoms. The Balaban J connectivity index is 2.78. The number of benzene rings is 1. The number of nitrogens with one attached hydrogen (secondary N) is 1. The van der Waals surface area contributed by atoms with Crippen LogP contribution in [0.3, 0.4) is 0 Å². The standard InChI is InChI=1S/C12H15NO4/c1-7-4-5-8(2)11(9(7)3)17-12(16)13-6-10(14)15/h4-5H,6H2,1-3H3,(H,13,16)(H,14,15). The number of carbonyl (C=O) groups excluding carboxylic acids is 1. The molecule has 0 saturated carbocycles. The van der Waals surface area contributed by atoms with E-state index in [2.05, 4.69) is 5.32 Å². The molecule has 0 unspecified atom stereocenters. The third kappa shape index (κ3) is 3.48. The number of ether oxygens (including phenoxy) is 1. The van der Waals surface area contributed by atoms with Crippen LogP contribution < -0.4 is 10.1 Å². The van der Waals surface area contributed by atoms with Crippen molar-refractivity contribution in [2.24, 2.45) is 0 Å². The largest absolute Gasteiger partial charge is 0.480 e. The van der Waals surface area contributed by atoms with Crippen LogP contribution >= 0.6 is 0 Å². The number of amides is 1. The number of carbonyl (C=O) groups is 2. The Morgan fingerprint density at radius 2 is 1.82 bits per heavy atom. The summed E-state index contributed by atoms with van der Waals surface area (Å²) in [6.45, 7) is 5.13. The number of aryl methyl sites for hydroxylation is 2. The summed E-state index contributed by atoms with van der Waals surface area (Å²) in [4.78, 5) is 21.6. The average Bonchev–Trinajstić information content (AvgIpc) is 2.27. The second-order valence-corrected chi connectivity index (χ2v) is 3.79. The van der Waals surface area contributed by atoms with Gasteiger partial charge in [-0.3, -0.25) is 4.79 Å². The maximum Gasteiger partial charge on any atom is 0.413 e. The van der Waals surface area contributed by atoms with E-state index in [1.807, 2.05) is 32.9 Å². The Morgan fingerprint density at radius 1 is 1.24 bits per heavy atom. The molecule has 17 heavy (non-hydrogen) atoms. The van der Waals surface area contributed by atoms with Gasteiger partial charge >= 0.3 is 12.1 Å². The molecule has 1 rings (SSSR count). The molecule has 0 radical (unpaired) electrons. The van der Waals surface area contributed by atoms with Crippen LogP contribution in [0.2, 0.25) is 0 Å². The summed E-state index contributed by atoms with van der Waals surface area (Å²) in [5, 5.41) is 10.6. The van der Waals surface area contributed by atoms with Crippen LogP contribution in [-0.4, -0.2) is 23.7 Å². The fourth-order valence-corrected chi connectivity index (χ4v) is 1.36. The van der Waals surface area contributed by atoms with Gasteiger partial charge in [-0.15, -0.1) is 0 Å². The first-order chi connectivity index (χ1) is 7.91. The zero-order valence-corrected chi connectivity index (χ0v) is 10.0. The topological polar surface area (TPSA) is 75.6 Å². The SMILES string of the molecule is Cc1ccc(C)c(OC(=O)NCC(=O)O)c1C. The van der Waals surface area contributed by atoms with Crippen molar-refractivity contribution in [2.75, 3.05) is 6.54 Å². The Morgan fingerprint density at radius 3 is 2.41 bits per heavy atom. The highest BCUT2D eigenvalue weighted by Gasteiger charge is 2.11. The van der Waals surface area contributed by atoms with Crippen molar-refractivity contribution >= 4 is 12.1 Å². The second kappa shape index (κ2) is 5.34. The van der Waals surface area contributed by atoms with Gasteiger partial charge in [0.05, 0.1) is 0 Å². The van der Waals surface area contributed by atoms with Crippen molar-refractivity contribution in [3.05, 3.63) is 28.8 Å². The van der Waals surface area contributed by atoms with Crippen molar-refractivity contribution in [3.8, 4) is 5.75 Å². The minimum atomic E-state index is -1.11. The Hall–Kier alpha value is -2.04. The van der Waals surface area contributed by atoms with Gasteiger partial charge in [0.1, 0.15) is 12.3 Å². The van der Waals surface area contributed by atoms with Crippen LogP contribution in [0.25, 0.3) is 0 Å². The highest BCUT2D eigenvalue weighted by atomic mass is 16.6. The number of carboxylic acid groups (broad SMARTS) is 1. The number of carboxylic acids is 1. The molecule has 0 spiro atoms. The van der Waals surface area contributed by atoms with Gasteiger partial charge in [0.15, 0.2) is 0 Å². The molecule has 0 aliphatic carbocycles. The lowest BCUT2D eigenvalue weighted by molar-refractivity contribution is -0.135. The van der Waals surface area contributed by atoms with Crippen molar-refractivity contribution in [1.29, 1.82) is 0 Å². The van der Waals surface area contributed by atoms with Crippen LogP contribution in [-0.2, 0) is 4.79 Å². The molecule has 0 heterocycles. The van der Waals surface area contributed by atoms with E-state index in [0.717, 1.165) is 16.7 Å². The molecule has 0 aliphatic heterocycles. The normalized spacial score (nSPS) is 9.82. The third-order valence-electron chi connectivity index (χ3n) is 2.45. The predicted molar refractivity (Wildman–Crippen MR) is 62.3 cm³/mol. The quantitative estimate of drug-likeness (QED) is 0.840. The van der Waals surface area contributed by atoms with Crippen molar-refractivity contribution in [2.45, 2.75) is 20.8 Å². The van der Waals surface area contributed by atoms with Crippen molar-refractivity contribution < 1.29 is 19.4 Å². The molecule has 5 nitrogen and oxygen atoms in total. The summed E-state index contributed by atoms with van der Waals surface area (Å²) in [6.07, 6.45) is -0.760. The number of rotatable bonds is 3. The fourth-order valence-electron chi connectivity index (χ4n) is 1.36. The summed E-state index contributed by atoms with van der Waals surface area (Å²) in [5.41, 5.74) is 2.71. The lowest BCUT2D eigenvalue weighted by Gasteiger charge is -2.12. The van der Waals surface area contributed by atoms with E-state index >= 15 is 0 Å². The molecule has 0 saturated heterocycles. The summed E-state index contributed by atoms with van der Waals surface area (Å²) in [7, 11) is 0. The van der Waals surface area contributed by atoms with Crippen LogP contribution in [0.1, 0.15) is 16.7 Å². The summed E-state index contributed by atoms with van der Waals surface area (Å²) < 4.78 is 5.09. The van der Waals surface area contributed by atoms with Crippen LogP contribution in [0.4, 0.5) is 4.79 Å². The fraction of sp³-hybridized carbons (Fsp3) is 0.333. The molecule has 0 fully saturated rings. The third-order valence-corrected chi connectivity index (χ3v) is 2.45. The second-order valence-electron chi connectivity index (χ2n) is 3.79. The summed E-state index contributed by atoms with van der Waals surface area (Å²) in [5.74, 6) is -0.632. The van der Waals surface area contributed by atoms with Gasteiger partial charge in [0, 0.05) is 0 Å². The molecule has 1 aromatic rings. The predicted octanol–water partition coefficient (Wildman–Crippen LogP) is 1.78. The number of aliphatic carboxylic acids is 1. The highest BCUT2D eigenvalue weighted by Crippen LogP contribution is 2.25. The van der Waals surface area contributed by atoms with E-state index < -0.39 is 18.6 Å². The monoisotopic (exact) mass is 237 g/mol. The van der Waals surface area contributed by atoms with Gasteiger partial charge in [-0.05, 0) is 37.5 Å². The van der Waals surface area contributed by atoms with E-state index in [0.29, 0.717) is 5.75 Å². The zero-order chi connectivity index (χ0) is 13.0. The molecule has 0 aliphatic rings. The van der Waals surface area contributed by atoms with E-state index in [1.54, 1.807) is 0 Å². The van der Waals surface area contributed by atoms with Gasteiger partial charge in [0.25, 0.3) is 0 Å². The molecule has 1 aromatic carbocycles. The smallest absolute Gasteiger partial charge is 0.413 e. The highest BCUT2D eigenvalue weighted by molar-refractivity contribution is 5.78. The van der Waals surface area contributed by atoms with E-state index in [1.165, 1.54) is 0 Å². The lowest BCUT2D eigenvalue weighted by atomic mass is 10.1. The van der Waals surface area contributed by atoms with Crippen LogP contribution in [0.5, 0.6) is 5.75 Å². The van der Waals surface area contributed by atoms with Gasteiger partial charge in [-0.2, -0.15) is 0 Å². The Kier molecular flexibility index (Phi) is 4.09. The first-order valence-corrected chi connectivity index (χ1v) is 5.16. The van der Waals surface area contributed by atoms with E-state index in [-0.39, 0.29) is 0 Å². The number of hydrogen-bond donors (Lipinski definition) is 2. The minimum Gasteiger partial charge on any atom is -0.480 e. The van der Waals surface area contributed by atoms with Gasteiger partial charge in [0.2, 0.25) is 0 Å². The summed E-state index contributed by atoms with van der Waals surface area (Å²) in [6, 6.07) is 3.79.